The quantitative estimate of drug-likeness (QED) is 0.522. The fourth-order valence-corrected chi connectivity index (χ4v) is 2.05. The van der Waals surface area contributed by atoms with Crippen LogP contribution in [0.5, 0.6) is 0 Å². The van der Waals surface area contributed by atoms with Gasteiger partial charge in [-0.3, -0.25) is 10.1 Å². The van der Waals surface area contributed by atoms with Gasteiger partial charge in [-0.05, 0) is 31.5 Å². The first-order valence-electron chi connectivity index (χ1n) is 6.11. The smallest absolute Gasteiger partial charge is 0.272 e. The fraction of sp³-hybridized carbons (Fsp3) is 0.214. The van der Waals surface area contributed by atoms with Gasteiger partial charge in [0.05, 0.1) is 11.0 Å². The average Bonchev–Trinajstić information content (AvgIpc) is 2.38. The second-order valence-electron chi connectivity index (χ2n) is 4.51. The molecule has 2 rings (SSSR count). The molecule has 6 heteroatoms. The van der Waals surface area contributed by atoms with Gasteiger partial charge < -0.3 is 5.32 Å². The fourth-order valence-electron chi connectivity index (χ4n) is 1.89. The molecule has 1 aromatic heterocycles. The van der Waals surface area contributed by atoms with E-state index in [-0.39, 0.29) is 16.7 Å². The van der Waals surface area contributed by atoms with Crippen LogP contribution in [0.4, 0.5) is 11.5 Å². The first-order chi connectivity index (χ1) is 9.47. The highest BCUT2D eigenvalue weighted by Crippen LogP contribution is 2.25. The maximum atomic E-state index is 11.0. The predicted molar refractivity (Wildman–Crippen MR) is 79.1 cm³/mol. The molecule has 0 radical (unpaired) electrons. The number of nitro benzene ring substituents is 1. The molecule has 0 aliphatic carbocycles. The number of aryl methyl sites for hydroxylation is 1. The Morgan fingerprint density at radius 2 is 2.10 bits per heavy atom. The molecule has 1 atom stereocenters. The summed E-state index contributed by atoms with van der Waals surface area (Å²) in [6, 6.07) is 10.4. The SMILES string of the molecule is Cc1ccc(C(C)Nc2cccc(Cl)n2)cc1[N+](=O)[O-]. The molecule has 2 aromatic rings. The molecule has 5 nitrogen and oxygen atoms in total. The summed E-state index contributed by atoms with van der Waals surface area (Å²) in [6.07, 6.45) is 0. The Balaban J connectivity index is 2.23. The van der Waals surface area contributed by atoms with Gasteiger partial charge in [0.15, 0.2) is 0 Å². The van der Waals surface area contributed by atoms with E-state index < -0.39 is 0 Å². The molecule has 1 N–H and O–H groups in total. The number of nitrogens with one attached hydrogen (secondary N) is 1. The van der Waals surface area contributed by atoms with Crippen LogP contribution >= 0.6 is 11.6 Å². The summed E-state index contributed by atoms with van der Waals surface area (Å²) in [7, 11) is 0. The Hall–Kier alpha value is -2.14. The minimum atomic E-state index is -0.372. The highest BCUT2D eigenvalue weighted by atomic mass is 35.5. The van der Waals surface area contributed by atoms with Crippen molar-refractivity contribution >= 4 is 23.1 Å². The van der Waals surface area contributed by atoms with E-state index in [0.717, 1.165) is 5.56 Å². The van der Waals surface area contributed by atoms with Crippen LogP contribution in [-0.4, -0.2) is 9.91 Å². The van der Waals surface area contributed by atoms with Crippen LogP contribution in [-0.2, 0) is 0 Å². The van der Waals surface area contributed by atoms with Gasteiger partial charge >= 0.3 is 0 Å². The van der Waals surface area contributed by atoms with Crippen LogP contribution < -0.4 is 5.32 Å². The molecule has 0 saturated heterocycles. The third kappa shape index (κ3) is 3.24. The van der Waals surface area contributed by atoms with E-state index in [2.05, 4.69) is 10.3 Å². The molecule has 0 amide bonds. The summed E-state index contributed by atoms with van der Waals surface area (Å²) in [5, 5.41) is 14.5. The lowest BCUT2D eigenvalue weighted by Gasteiger charge is -2.15. The number of benzene rings is 1. The van der Waals surface area contributed by atoms with Crippen molar-refractivity contribution in [3.8, 4) is 0 Å². The van der Waals surface area contributed by atoms with Gasteiger partial charge in [0.2, 0.25) is 0 Å². The minimum absolute atomic E-state index is 0.111. The van der Waals surface area contributed by atoms with Gasteiger partial charge in [-0.1, -0.05) is 29.8 Å². The van der Waals surface area contributed by atoms with Crippen LogP contribution in [0.25, 0.3) is 0 Å². The van der Waals surface area contributed by atoms with E-state index in [1.54, 1.807) is 37.3 Å². The van der Waals surface area contributed by atoms with Crippen molar-refractivity contribution in [1.29, 1.82) is 0 Å². The second kappa shape index (κ2) is 5.88. The summed E-state index contributed by atoms with van der Waals surface area (Å²) < 4.78 is 0. The lowest BCUT2D eigenvalue weighted by molar-refractivity contribution is -0.385. The third-order valence-electron chi connectivity index (χ3n) is 3.01. The standard InChI is InChI=1S/C14H14ClN3O2/c1-9-6-7-11(8-12(9)18(19)20)10(2)16-14-5-3-4-13(15)17-14/h3-8,10H,1-2H3,(H,16,17). The number of hydrogen-bond donors (Lipinski definition) is 1. The van der Waals surface area contributed by atoms with E-state index in [4.69, 9.17) is 11.6 Å². The molecule has 0 spiro atoms. The van der Waals surface area contributed by atoms with E-state index in [1.165, 1.54) is 0 Å². The van der Waals surface area contributed by atoms with Gasteiger partial charge in [-0.2, -0.15) is 0 Å². The summed E-state index contributed by atoms with van der Waals surface area (Å²) in [6.45, 7) is 3.63. The zero-order valence-corrected chi connectivity index (χ0v) is 11.9. The number of rotatable bonds is 4. The van der Waals surface area contributed by atoms with E-state index in [1.807, 2.05) is 13.0 Å². The maximum Gasteiger partial charge on any atom is 0.272 e. The average molecular weight is 292 g/mol. The van der Waals surface area contributed by atoms with Crippen LogP contribution in [0.2, 0.25) is 5.15 Å². The van der Waals surface area contributed by atoms with Crippen LogP contribution in [0, 0.1) is 17.0 Å². The highest BCUT2D eigenvalue weighted by molar-refractivity contribution is 6.29. The molecular weight excluding hydrogens is 278 g/mol. The molecule has 1 unspecified atom stereocenters. The Kier molecular flexibility index (Phi) is 4.20. The topological polar surface area (TPSA) is 68.1 Å². The maximum absolute atomic E-state index is 11.0. The van der Waals surface area contributed by atoms with Gasteiger partial charge in [0, 0.05) is 11.6 Å². The third-order valence-corrected chi connectivity index (χ3v) is 3.22. The van der Waals surface area contributed by atoms with Gasteiger partial charge in [-0.25, -0.2) is 4.98 Å². The molecule has 0 saturated carbocycles. The number of nitro groups is 1. The van der Waals surface area contributed by atoms with E-state index in [0.29, 0.717) is 16.5 Å². The first-order valence-corrected chi connectivity index (χ1v) is 6.49. The Labute approximate surface area is 121 Å². The molecule has 20 heavy (non-hydrogen) atoms. The number of halogens is 1. The molecule has 1 aromatic carbocycles. The molecule has 0 bridgehead atoms. The Morgan fingerprint density at radius 1 is 1.35 bits per heavy atom. The first kappa shape index (κ1) is 14.3. The van der Waals surface area contributed by atoms with Gasteiger partial charge in [0.25, 0.3) is 5.69 Å². The highest BCUT2D eigenvalue weighted by Gasteiger charge is 2.14. The van der Waals surface area contributed by atoms with Crippen LogP contribution in [0.1, 0.15) is 24.1 Å². The van der Waals surface area contributed by atoms with Gasteiger partial charge in [0.1, 0.15) is 11.0 Å². The van der Waals surface area contributed by atoms with Gasteiger partial charge in [-0.15, -0.1) is 0 Å². The Bertz CT molecular complexity index is 646. The van der Waals surface area contributed by atoms with Crippen molar-refractivity contribution in [2.45, 2.75) is 19.9 Å². The Morgan fingerprint density at radius 3 is 2.75 bits per heavy atom. The molecule has 104 valence electrons. The molecule has 0 aliphatic rings. The van der Waals surface area contributed by atoms with Crippen molar-refractivity contribution in [3.05, 3.63) is 62.8 Å². The lowest BCUT2D eigenvalue weighted by Crippen LogP contribution is -2.08. The monoisotopic (exact) mass is 291 g/mol. The number of nitrogens with zero attached hydrogens (tertiary/aromatic N) is 2. The summed E-state index contributed by atoms with van der Waals surface area (Å²) in [5.74, 6) is 0.633. The van der Waals surface area contributed by atoms with E-state index >= 15 is 0 Å². The van der Waals surface area contributed by atoms with E-state index in [9.17, 15) is 10.1 Å². The van der Waals surface area contributed by atoms with Crippen molar-refractivity contribution in [1.82, 2.24) is 4.98 Å². The summed E-state index contributed by atoms with van der Waals surface area (Å²) in [5.41, 5.74) is 1.59. The summed E-state index contributed by atoms with van der Waals surface area (Å²) in [4.78, 5) is 14.7. The van der Waals surface area contributed by atoms with Crippen molar-refractivity contribution in [2.75, 3.05) is 5.32 Å². The number of hydrogen-bond acceptors (Lipinski definition) is 4. The van der Waals surface area contributed by atoms with Crippen molar-refractivity contribution in [3.63, 3.8) is 0 Å². The molecule has 0 aliphatic heterocycles. The molecular formula is C14H14ClN3O2. The summed E-state index contributed by atoms with van der Waals surface area (Å²) >= 11 is 5.82. The normalized spacial score (nSPS) is 11.9. The zero-order chi connectivity index (χ0) is 14.7. The number of aromatic nitrogens is 1. The molecule has 0 fully saturated rings. The number of anilines is 1. The molecule has 1 heterocycles. The van der Waals surface area contributed by atoms with Crippen LogP contribution in [0.3, 0.4) is 0 Å². The largest absolute Gasteiger partial charge is 0.363 e. The number of pyridine rings is 1. The lowest BCUT2D eigenvalue weighted by atomic mass is 10.0. The second-order valence-corrected chi connectivity index (χ2v) is 4.90. The van der Waals surface area contributed by atoms with Crippen molar-refractivity contribution < 1.29 is 4.92 Å². The van der Waals surface area contributed by atoms with Crippen LogP contribution in [0.15, 0.2) is 36.4 Å². The predicted octanol–water partition coefficient (Wildman–Crippen LogP) is 4.12. The minimum Gasteiger partial charge on any atom is -0.363 e. The van der Waals surface area contributed by atoms with Crippen molar-refractivity contribution in [2.24, 2.45) is 0 Å². The zero-order valence-electron chi connectivity index (χ0n) is 11.1.